The Balaban J connectivity index is 2.16. The highest BCUT2D eigenvalue weighted by atomic mass is 16.6. The van der Waals surface area contributed by atoms with Crippen molar-refractivity contribution in [1.82, 2.24) is 9.97 Å². The summed E-state index contributed by atoms with van der Waals surface area (Å²) in [5, 5.41) is 3.19. The van der Waals surface area contributed by atoms with Crippen molar-refractivity contribution in [1.29, 1.82) is 0 Å². The molecule has 1 aromatic heterocycles. The molecule has 2 heterocycles. The van der Waals surface area contributed by atoms with Gasteiger partial charge in [0.15, 0.2) is 0 Å². The Bertz CT molecular complexity index is 378. The fraction of sp³-hybridized carbons (Fsp3) is 0.667. The van der Waals surface area contributed by atoms with E-state index in [1.807, 2.05) is 13.0 Å². The van der Waals surface area contributed by atoms with Crippen LogP contribution < -0.4 is 10.1 Å². The molecule has 0 spiro atoms. The largest absolute Gasteiger partial charge is 0.469 e. The summed E-state index contributed by atoms with van der Waals surface area (Å²) in [6.45, 7) is 8.32. The van der Waals surface area contributed by atoms with Gasteiger partial charge < -0.3 is 14.8 Å². The Morgan fingerprint density at radius 1 is 1.47 bits per heavy atom. The Hall–Kier alpha value is -1.36. The second kappa shape index (κ2) is 5.31. The number of aromatic nitrogens is 2. The lowest BCUT2D eigenvalue weighted by Gasteiger charge is -2.26. The van der Waals surface area contributed by atoms with Crippen LogP contribution in [0.15, 0.2) is 6.07 Å². The quantitative estimate of drug-likeness (QED) is 0.846. The first-order chi connectivity index (χ1) is 8.19. The van der Waals surface area contributed by atoms with Crippen LogP contribution in [0.25, 0.3) is 0 Å². The number of hydrogen-bond donors (Lipinski definition) is 1. The lowest BCUT2D eigenvalue weighted by Crippen LogP contribution is -2.38. The monoisotopic (exact) mass is 237 g/mol. The van der Waals surface area contributed by atoms with E-state index >= 15 is 0 Å². The smallest absolute Gasteiger partial charge is 0.219 e. The van der Waals surface area contributed by atoms with Crippen LogP contribution in [0.1, 0.15) is 32.5 Å². The van der Waals surface area contributed by atoms with Crippen molar-refractivity contribution in [2.45, 2.75) is 32.8 Å². The standard InChI is InChI=1S/C12H19N3O2/c1-4-13-10-5-11(17-9-6-16-7-9)15-12(14-10)8(2)3/h5,8-9H,4,6-7H2,1-3H3,(H,13,14,15). The van der Waals surface area contributed by atoms with Gasteiger partial charge in [-0.25, -0.2) is 4.98 Å². The van der Waals surface area contributed by atoms with E-state index in [4.69, 9.17) is 9.47 Å². The minimum atomic E-state index is 0.138. The first-order valence-electron chi connectivity index (χ1n) is 6.06. The summed E-state index contributed by atoms with van der Waals surface area (Å²) >= 11 is 0. The van der Waals surface area contributed by atoms with E-state index in [1.54, 1.807) is 0 Å². The van der Waals surface area contributed by atoms with Gasteiger partial charge in [0.1, 0.15) is 17.7 Å². The third kappa shape index (κ3) is 3.06. The van der Waals surface area contributed by atoms with Crippen molar-refractivity contribution < 1.29 is 9.47 Å². The number of anilines is 1. The van der Waals surface area contributed by atoms with Gasteiger partial charge in [-0.1, -0.05) is 13.8 Å². The van der Waals surface area contributed by atoms with Gasteiger partial charge in [-0.05, 0) is 6.92 Å². The minimum Gasteiger partial charge on any atom is -0.469 e. The predicted molar refractivity (Wildman–Crippen MR) is 65.5 cm³/mol. The molecule has 1 fully saturated rings. The Morgan fingerprint density at radius 2 is 2.24 bits per heavy atom. The van der Waals surface area contributed by atoms with Crippen LogP contribution in [-0.4, -0.2) is 35.8 Å². The molecule has 0 saturated carbocycles. The average molecular weight is 237 g/mol. The number of nitrogens with zero attached hydrogens (tertiary/aromatic N) is 2. The summed E-state index contributed by atoms with van der Waals surface area (Å²) in [4.78, 5) is 8.85. The molecule has 1 aliphatic heterocycles. The van der Waals surface area contributed by atoms with Gasteiger partial charge in [0, 0.05) is 18.5 Å². The molecule has 0 aliphatic carbocycles. The normalized spacial score (nSPS) is 15.8. The van der Waals surface area contributed by atoms with Crippen molar-refractivity contribution in [2.24, 2.45) is 0 Å². The molecule has 17 heavy (non-hydrogen) atoms. The van der Waals surface area contributed by atoms with Crippen molar-refractivity contribution in [3.63, 3.8) is 0 Å². The fourth-order valence-electron chi connectivity index (χ4n) is 1.49. The highest BCUT2D eigenvalue weighted by molar-refractivity contribution is 5.38. The highest BCUT2D eigenvalue weighted by Crippen LogP contribution is 2.20. The SMILES string of the molecule is CCNc1cc(OC2COC2)nc(C(C)C)n1. The Morgan fingerprint density at radius 3 is 2.76 bits per heavy atom. The summed E-state index contributed by atoms with van der Waals surface area (Å²) in [5.41, 5.74) is 0. The Labute approximate surface area is 102 Å². The van der Waals surface area contributed by atoms with E-state index in [2.05, 4.69) is 29.1 Å². The molecule has 5 heteroatoms. The first-order valence-corrected chi connectivity index (χ1v) is 6.06. The zero-order valence-corrected chi connectivity index (χ0v) is 10.6. The zero-order valence-electron chi connectivity index (χ0n) is 10.6. The van der Waals surface area contributed by atoms with Gasteiger partial charge in [-0.2, -0.15) is 4.98 Å². The molecule has 1 N–H and O–H groups in total. The van der Waals surface area contributed by atoms with Crippen LogP contribution in [0.5, 0.6) is 5.88 Å². The molecule has 1 aromatic rings. The molecule has 1 saturated heterocycles. The van der Waals surface area contributed by atoms with E-state index in [1.165, 1.54) is 0 Å². The zero-order chi connectivity index (χ0) is 12.3. The van der Waals surface area contributed by atoms with Crippen molar-refractivity contribution >= 4 is 5.82 Å². The third-order valence-corrected chi connectivity index (χ3v) is 2.49. The third-order valence-electron chi connectivity index (χ3n) is 2.49. The lowest BCUT2D eigenvalue weighted by atomic mass is 10.2. The maximum absolute atomic E-state index is 5.71. The molecule has 94 valence electrons. The molecule has 5 nitrogen and oxygen atoms in total. The van der Waals surface area contributed by atoms with Crippen LogP contribution in [0.3, 0.4) is 0 Å². The Kier molecular flexibility index (Phi) is 3.78. The average Bonchev–Trinajstić information content (AvgIpc) is 2.24. The minimum absolute atomic E-state index is 0.138. The van der Waals surface area contributed by atoms with Gasteiger partial charge >= 0.3 is 0 Å². The van der Waals surface area contributed by atoms with E-state index in [-0.39, 0.29) is 12.0 Å². The van der Waals surface area contributed by atoms with E-state index < -0.39 is 0 Å². The number of nitrogens with one attached hydrogen (secondary N) is 1. The topological polar surface area (TPSA) is 56.3 Å². The first kappa shape index (κ1) is 12.1. The highest BCUT2D eigenvalue weighted by Gasteiger charge is 2.21. The van der Waals surface area contributed by atoms with Crippen molar-refractivity contribution in [2.75, 3.05) is 25.1 Å². The van der Waals surface area contributed by atoms with Gasteiger partial charge in [-0.15, -0.1) is 0 Å². The van der Waals surface area contributed by atoms with Gasteiger partial charge in [-0.3, -0.25) is 0 Å². The molecule has 0 radical (unpaired) electrons. The van der Waals surface area contributed by atoms with E-state index in [9.17, 15) is 0 Å². The van der Waals surface area contributed by atoms with Gasteiger partial charge in [0.25, 0.3) is 0 Å². The lowest BCUT2D eigenvalue weighted by molar-refractivity contribution is -0.0814. The molecule has 0 unspecified atom stereocenters. The molecule has 0 bridgehead atoms. The van der Waals surface area contributed by atoms with E-state index in [0.717, 1.165) is 18.2 Å². The van der Waals surface area contributed by atoms with Crippen molar-refractivity contribution in [3.8, 4) is 5.88 Å². The maximum atomic E-state index is 5.71. The molecule has 0 aromatic carbocycles. The number of hydrogen-bond acceptors (Lipinski definition) is 5. The number of rotatable bonds is 5. The van der Waals surface area contributed by atoms with Crippen LogP contribution >= 0.6 is 0 Å². The van der Waals surface area contributed by atoms with Crippen LogP contribution in [0.2, 0.25) is 0 Å². The second-order valence-electron chi connectivity index (χ2n) is 4.41. The number of ether oxygens (including phenoxy) is 2. The molecule has 2 rings (SSSR count). The molecule has 1 aliphatic rings. The summed E-state index contributed by atoms with van der Waals surface area (Å²) < 4.78 is 10.8. The second-order valence-corrected chi connectivity index (χ2v) is 4.41. The van der Waals surface area contributed by atoms with Crippen LogP contribution in [0.4, 0.5) is 5.82 Å². The summed E-state index contributed by atoms with van der Waals surface area (Å²) in [7, 11) is 0. The summed E-state index contributed by atoms with van der Waals surface area (Å²) in [6.07, 6.45) is 0.138. The van der Waals surface area contributed by atoms with Crippen LogP contribution in [0, 0.1) is 0 Å². The molecule has 0 atom stereocenters. The predicted octanol–water partition coefficient (Wildman–Crippen LogP) is 1.81. The molecular formula is C12H19N3O2. The maximum Gasteiger partial charge on any atom is 0.219 e. The summed E-state index contributed by atoms with van der Waals surface area (Å²) in [6, 6.07) is 1.84. The molecular weight excluding hydrogens is 218 g/mol. The van der Waals surface area contributed by atoms with Crippen LogP contribution in [-0.2, 0) is 4.74 Å². The van der Waals surface area contributed by atoms with Gasteiger partial charge in [0.05, 0.1) is 13.2 Å². The van der Waals surface area contributed by atoms with E-state index in [0.29, 0.717) is 19.1 Å². The molecule has 0 amide bonds. The summed E-state index contributed by atoms with van der Waals surface area (Å²) in [5.74, 6) is 2.54. The van der Waals surface area contributed by atoms with Gasteiger partial charge in [0.2, 0.25) is 5.88 Å². The fourth-order valence-corrected chi connectivity index (χ4v) is 1.49. The van der Waals surface area contributed by atoms with Crippen molar-refractivity contribution in [3.05, 3.63) is 11.9 Å².